The van der Waals surface area contributed by atoms with Gasteiger partial charge in [-0.15, -0.1) is 12.6 Å². The Kier molecular flexibility index (Phi) is 5.65. The van der Waals surface area contributed by atoms with Crippen LogP contribution in [-0.2, 0) is 0 Å². The number of hydrogen-bond acceptors (Lipinski definition) is 2. The maximum Gasteiger partial charge on any atom is 0.109 e. The largest absolute Gasteiger partial charge is 0.870 e. The average molecular weight is 225 g/mol. The van der Waals surface area contributed by atoms with Gasteiger partial charge in [-0.2, -0.15) is 0 Å². The Morgan fingerprint density at radius 3 is 2.20 bits per heavy atom. The lowest BCUT2D eigenvalue weighted by Crippen LogP contribution is -2.35. The molecule has 0 aliphatic carbocycles. The van der Waals surface area contributed by atoms with Crippen LogP contribution in [0.1, 0.15) is 5.56 Å². The van der Waals surface area contributed by atoms with Gasteiger partial charge in [0.15, 0.2) is 0 Å². The third-order valence-corrected chi connectivity index (χ3v) is 2.04. The molecule has 0 bridgehead atoms. The summed E-state index contributed by atoms with van der Waals surface area (Å²) in [6.07, 6.45) is 2.12. The molecule has 0 spiro atoms. The Labute approximate surface area is 97.5 Å². The first kappa shape index (κ1) is 14.2. The van der Waals surface area contributed by atoms with E-state index in [0.717, 1.165) is 15.9 Å². The molecule has 0 aromatic heterocycles. The minimum absolute atomic E-state index is 0. The minimum atomic E-state index is 0. The normalized spacial score (nSPS) is 12.1. The molecule has 0 amide bonds. The van der Waals surface area contributed by atoms with Gasteiger partial charge < -0.3 is 9.96 Å². The van der Waals surface area contributed by atoms with Crippen LogP contribution in [-0.4, -0.2) is 37.6 Å². The highest BCUT2D eigenvalue weighted by atomic mass is 32.1. The molecule has 1 aromatic rings. The van der Waals surface area contributed by atoms with E-state index in [1.54, 1.807) is 0 Å². The zero-order valence-corrected chi connectivity index (χ0v) is 10.4. The van der Waals surface area contributed by atoms with Crippen molar-refractivity contribution >= 4 is 18.7 Å². The summed E-state index contributed by atoms with van der Waals surface area (Å²) >= 11 is 4.48. The van der Waals surface area contributed by atoms with E-state index in [9.17, 15) is 0 Å². The Hall–Kier alpha value is -0.770. The number of quaternary nitrogens is 1. The molecule has 0 saturated heterocycles. The van der Waals surface area contributed by atoms with Crippen LogP contribution in [0.5, 0.6) is 0 Å². The smallest absolute Gasteiger partial charge is 0.109 e. The maximum atomic E-state index is 4.48. The average Bonchev–Trinajstić information content (AvgIpc) is 2.02. The molecule has 0 atom stereocenters. The van der Waals surface area contributed by atoms with Gasteiger partial charge >= 0.3 is 0 Å². The van der Waals surface area contributed by atoms with Crippen molar-refractivity contribution < 1.29 is 9.96 Å². The lowest BCUT2D eigenvalue weighted by atomic mass is 10.2. The van der Waals surface area contributed by atoms with Gasteiger partial charge in [-0.25, -0.2) is 0 Å². The molecule has 1 N–H and O–H groups in total. The lowest BCUT2D eigenvalue weighted by Gasteiger charge is -2.23. The molecule has 84 valence electrons. The number of likely N-dealkylation sites (N-methyl/N-ethyl adjacent to an activating group) is 1. The summed E-state index contributed by atoms with van der Waals surface area (Å²) in [5, 5.41) is 0. The monoisotopic (exact) mass is 225 g/mol. The summed E-state index contributed by atoms with van der Waals surface area (Å²) in [6, 6.07) is 10.3. The first-order valence-corrected chi connectivity index (χ1v) is 5.17. The number of hydrogen-bond donors (Lipinski definition) is 1. The van der Waals surface area contributed by atoms with E-state index in [-0.39, 0.29) is 5.48 Å². The van der Waals surface area contributed by atoms with Gasteiger partial charge in [0.2, 0.25) is 0 Å². The van der Waals surface area contributed by atoms with E-state index in [2.05, 4.69) is 52.0 Å². The standard InChI is InChI=1S/C12H17NS.H2O/c1-13(2,3)10-12(14)9-11-7-5-4-6-8-11;/h4-9H,10H2,1-3H3;1H2. The van der Waals surface area contributed by atoms with Crippen molar-refractivity contribution in [1.29, 1.82) is 0 Å². The third-order valence-electron chi connectivity index (χ3n) is 1.77. The van der Waals surface area contributed by atoms with Crippen molar-refractivity contribution in [1.82, 2.24) is 0 Å². The zero-order valence-electron chi connectivity index (χ0n) is 9.51. The number of benzene rings is 1. The highest BCUT2D eigenvalue weighted by Gasteiger charge is 2.07. The van der Waals surface area contributed by atoms with Crippen LogP contribution in [0.3, 0.4) is 0 Å². The van der Waals surface area contributed by atoms with E-state index >= 15 is 0 Å². The van der Waals surface area contributed by atoms with Crippen LogP contribution in [0.15, 0.2) is 35.2 Å². The van der Waals surface area contributed by atoms with Gasteiger partial charge in [-0.3, -0.25) is 0 Å². The highest BCUT2D eigenvalue weighted by molar-refractivity contribution is 7.84. The van der Waals surface area contributed by atoms with Crippen molar-refractivity contribution in [2.24, 2.45) is 0 Å². The second-order valence-corrected chi connectivity index (χ2v) is 5.07. The molecule has 0 unspecified atom stereocenters. The molecule has 0 saturated carbocycles. The molecule has 0 radical (unpaired) electrons. The SMILES string of the molecule is C[N+](C)(C)CC(S)=Cc1ccccc1.[OH-]. The molecule has 0 fully saturated rings. The second kappa shape index (κ2) is 5.95. The van der Waals surface area contributed by atoms with Crippen LogP contribution >= 0.6 is 12.6 Å². The Morgan fingerprint density at radius 1 is 1.20 bits per heavy atom. The van der Waals surface area contributed by atoms with Crippen LogP contribution in [0.25, 0.3) is 6.08 Å². The van der Waals surface area contributed by atoms with Crippen LogP contribution < -0.4 is 0 Å². The number of thiol groups is 1. The predicted octanol–water partition coefficient (Wildman–Crippen LogP) is 2.49. The Balaban J connectivity index is 0.00000196. The van der Waals surface area contributed by atoms with Gasteiger partial charge in [0, 0.05) is 4.91 Å². The molecule has 0 aliphatic heterocycles. The van der Waals surface area contributed by atoms with Gasteiger partial charge in [-0.05, 0) is 11.6 Å². The fraction of sp³-hybridized carbons (Fsp3) is 0.333. The van der Waals surface area contributed by atoms with Gasteiger partial charge in [-0.1, -0.05) is 30.3 Å². The number of nitrogens with zero attached hydrogens (tertiary/aromatic N) is 1. The van der Waals surface area contributed by atoms with E-state index in [1.165, 1.54) is 5.56 Å². The van der Waals surface area contributed by atoms with E-state index < -0.39 is 0 Å². The molecule has 2 nitrogen and oxygen atoms in total. The van der Waals surface area contributed by atoms with Crippen LogP contribution in [0.2, 0.25) is 0 Å². The highest BCUT2D eigenvalue weighted by Crippen LogP contribution is 2.12. The van der Waals surface area contributed by atoms with E-state index in [4.69, 9.17) is 0 Å². The summed E-state index contributed by atoms with van der Waals surface area (Å²) < 4.78 is 0.905. The summed E-state index contributed by atoms with van der Waals surface area (Å²) in [5.41, 5.74) is 1.21. The summed E-state index contributed by atoms with van der Waals surface area (Å²) in [7, 11) is 6.49. The fourth-order valence-electron chi connectivity index (χ4n) is 1.27. The molecule has 1 rings (SSSR count). The molecular formula is C12H19NOS. The third kappa shape index (κ3) is 6.33. The second-order valence-electron chi connectivity index (χ2n) is 4.49. The number of rotatable bonds is 3. The van der Waals surface area contributed by atoms with Crippen LogP contribution in [0.4, 0.5) is 0 Å². The van der Waals surface area contributed by atoms with E-state index in [0.29, 0.717) is 0 Å². The topological polar surface area (TPSA) is 30.0 Å². The Bertz CT molecular complexity index is 314. The van der Waals surface area contributed by atoms with Crippen LogP contribution in [0, 0.1) is 0 Å². The maximum absolute atomic E-state index is 4.48. The van der Waals surface area contributed by atoms with Crippen molar-refractivity contribution in [2.45, 2.75) is 0 Å². The van der Waals surface area contributed by atoms with Crippen molar-refractivity contribution in [3.8, 4) is 0 Å². The van der Waals surface area contributed by atoms with Gasteiger partial charge in [0.25, 0.3) is 0 Å². The first-order chi connectivity index (χ1) is 6.47. The van der Waals surface area contributed by atoms with Gasteiger partial charge in [0.05, 0.1) is 21.1 Å². The lowest BCUT2D eigenvalue weighted by molar-refractivity contribution is -0.864. The fourth-order valence-corrected chi connectivity index (χ4v) is 1.85. The minimum Gasteiger partial charge on any atom is -0.870 e. The zero-order chi connectivity index (χ0) is 10.6. The first-order valence-electron chi connectivity index (χ1n) is 4.72. The molecule has 0 heterocycles. The quantitative estimate of drug-likeness (QED) is 0.621. The molecular weight excluding hydrogens is 206 g/mol. The molecule has 3 heteroatoms. The summed E-state index contributed by atoms with van der Waals surface area (Å²) in [6.45, 7) is 0.956. The van der Waals surface area contributed by atoms with Crippen molar-refractivity contribution in [2.75, 3.05) is 27.7 Å². The van der Waals surface area contributed by atoms with Crippen molar-refractivity contribution in [3.05, 3.63) is 40.8 Å². The summed E-state index contributed by atoms with van der Waals surface area (Å²) in [5.74, 6) is 0. The predicted molar refractivity (Wildman–Crippen MR) is 68.2 cm³/mol. The summed E-state index contributed by atoms with van der Waals surface area (Å²) in [4.78, 5) is 1.11. The molecule has 0 aliphatic rings. The van der Waals surface area contributed by atoms with Gasteiger partial charge in [0.1, 0.15) is 6.54 Å². The Morgan fingerprint density at radius 2 is 1.73 bits per heavy atom. The molecule has 1 aromatic carbocycles. The van der Waals surface area contributed by atoms with Crippen molar-refractivity contribution in [3.63, 3.8) is 0 Å². The van der Waals surface area contributed by atoms with E-state index in [1.807, 2.05) is 18.2 Å². The molecule has 15 heavy (non-hydrogen) atoms.